The molecule has 6 heteroatoms. The minimum absolute atomic E-state index is 0.102. The second-order valence-corrected chi connectivity index (χ2v) is 5.98. The summed E-state index contributed by atoms with van der Waals surface area (Å²) in [6.45, 7) is 1.92. The highest BCUT2D eigenvalue weighted by Gasteiger charge is 2.33. The first-order valence-corrected chi connectivity index (χ1v) is 7.37. The van der Waals surface area contributed by atoms with Crippen LogP contribution in [0.1, 0.15) is 26.2 Å². The van der Waals surface area contributed by atoms with Gasteiger partial charge in [0.15, 0.2) is 0 Å². The monoisotopic (exact) mass is 301 g/mol. The van der Waals surface area contributed by atoms with E-state index in [-0.39, 0.29) is 23.6 Å². The zero-order valence-corrected chi connectivity index (χ0v) is 12.8. The third kappa shape index (κ3) is 2.56. The molecule has 1 N–H and O–H groups in total. The van der Waals surface area contributed by atoms with Crippen LogP contribution in [0.25, 0.3) is 10.8 Å². The number of carbonyl (C=O) groups is 1. The molecule has 116 valence electrons. The molecule has 3 rings (SSSR count). The van der Waals surface area contributed by atoms with E-state index >= 15 is 0 Å². The fourth-order valence-corrected chi connectivity index (χ4v) is 2.81. The number of aromatic nitrogens is 2. The van der Waals surface area contributed by atoms with Crippen molar-refractivity contribution in [1.82, 2.24) is 15.1 Å². The van der Waals surface area contributed by atoms with Crippen molar-refractivity contribution in [3.05, 3.63) is 34.6 Å². The lowest BCUT2D eigenvalue weighted by Gasteiger charge is -2.39. The van der Waals surface area contributed by atoms with Crippen LogP contribution >= 0.6 is 0 Å². The summed E-state index contributed by atoms with van der Waals surface area (Å²) in [7, 11) is 1.50. The van der Waals surface area contributed by atoms with Crippen LogP contribution < -0.4 is 15.6 Å². The Labute approximate surface area is 128 Å². The van der Waals surface area contributed by atoms with E-state index < -0.39 is 0 Å². The van der Waals surface area contributed by atoms with Gasteiger partial charge in [0, 0.05) is 5.54 Å². The smallest absolute Gasteiger partial charge is 0.275 e. The Balaban J connectivity index is 1.92. The molecular weight excluding hydrogens is 282 g/mol. The van der Waals surface area contributed by atoms with Crippen molar-refractivity contribution < 1.29 is 9.53 Å². The van der Waals surface area contributed by atoms with Crippen LogP contribution in [-0.4, -0.2) is 28.3 Å². The lowest BCUT2D eigenvalue weighted by atomic mass is 9.78. The number of benzene rings is 1. The van der Waals surface area contributed by atoms with Crippen molar-refractivity contribution in [3.63, 3.8) is 0 Å². The van der Waals surface area contributed by atoms with Crippen molar-refractivity contribution in [2.45, 2.75) is 38.3 Å². The molecule has 1 fully saturated rings. The summed E-state index contributed by atoms with van der Waals surface area (Å²) in [6.07, 6.45) is 3.07. The van der Waals surface area contributed by atoms with Crippen LogP contribution in [0.5, 0.6) is 5.88 Å². The molecule has 22 heavy (non-hydrogen) atoms. The van der Waals surface area contributed by atoms with Gasteiger partial charge in [-0.25, -0.2) is 4.68 Å². The number of methoxy groups -OCH3 is 1. The summed E-state index contributed by atoms with van der Waals surface area (Å²) < 4.78 is 6.40. The number of hydrogen-bond acceptors (Lipinski definition) is 4. The third-order valence-corrected chi connectivity index (χ3v) is 4.22. The van der Waals surface area contributed by atoms with E-state index in [0.717, 1.165) is 19.3 Å². The van der Waals surface area contributed by atoms with E-state index in [9.17, 15) is 9.59 Å². The summed E-state index contributed by atoms with van der Waals surface area (Å²) in [5.74, 6) is 0.145. The quantitative estimate of drug-likeness (QED) is 0.928. The number of carbonyl (C=O) groups excluding carboxylic acids is 1. The highest BCUT2D eigenvalue weighted by Crippen LogP contribution is 2.30. The van der Waals surface area contributed by atoms with Crippen molar-refractivity contribution in [1.29, 1.82) is 0 Å². The topological polar surface area (TPSA) is 73.2 Å². The van der Waals surface area contributed by atoms with Crippen molar-refractivity contribution in [2.24, 2.45) is 0 Å². The van der Waals surface area contributed by atoms with Crippen molar-refractivity contribution in [2.75, 3.05) is 7.11 Å². The first-order chi connectivity index (χ1) is 10.5. The van der Waals surface area contributed by atoms with Gasteiger partial charge < -0.3 is 10.1 Å². The molecule has 0 unspecified atom stereocenters. The molecule has 1 aromatic carbocycles. The average molecular weight is 301 g/mol. The second kappa shape index (κ2) is 5.44. The van der Waals surface area contributed by atoms with Crippen LogP contribution in [0.4, 0.5) is 0 Å². The van der Waals surface area contributed by atoms with Gasteiger partial charge >= 0.3 is 0 Å². The zero-order valence-electron chi connectivity index (χ0n) is 12.8. The summed E-state index contributed by atoms with van der Waals surface area (Å²) in [4.78, 5) is 24.6. The maximum absolute atomic E-state index is 12.4. The maximum atomic E-state index is 12.4. The Hall–Kier alpha value is -2.37. The highest BCUT2D eigenvalue weighted by atomic mass is 16.5. The molecule has 0 saturated heterocycles. The van der Waals surface area contributed by atoms with Gasteiger partial charge in [0.25, 0.3) is 5.56 Å². The van der Waals surface area contributed by atoms with Gasteiger partial charge in [0.2, 0.25) is 11.8 Å². The number of hydrogen-bond donors (Lipinski definition) is 1. The lowest BCUT2D eigenvalue weighted by Crippen LogP contribution is -2.52. The molecule has 6 nitrogen and oxygen atoms in total. The lowest BCUT2D eigenvalue weighted by molar-refractivity contribution is -0.124. The Morgan fingerprint density at radius 1 is 1.36 bits per heavy atom. The second-order valence-electron chi connectivity index (χ2n) is 5.98. The largest absolute Gasteiger partial charge is 0.480 e. The molecule has 0 atom stereocenters. The summed E-state index contributed by atoms with van der Waals surface area (Å²) in [6, 6.07) is 7.09. The van der Waals surface area contributed by atoms with E-state index in [0.29, 0.717) is 16.7 Å². The Morgan fingerprint density at radius 2 is 2.05 bits per heavy atom. The molecule has 1 aromatic heterocycles. The van der Waals surface area contributed by atoms with Crippen LogP contribution in [0.3, 0.4) is 0 Å². The van der Waals surface area contributed by atoms with Crippen LogP contribution in [-0.2, 0) is 11.3 Å². The van der Waals surface area contributed by atoms with Gasteiger partial charge in [-0.2, -0.15) is 0 Å². The molecule has 1 amide bonds. The number of ether oxygens (including phenoxy) is 1. The molecule has 0 bridgehead atoms. The molecule has 0 aliphatic heterocycles. The molecule has 0 spiro atoms. The summed E-state index contributed by atoms with van der Waals surface area (Å²) >= 11 is 0. The number of fused-ring (bicyclic) bond motifs is 1. The number of rotatable bonds is 4. The van der Waals surface area contributed by atoms with E-state index in [1.807, 2.05) is 13.0 Å². The van der Waals surface area contributed by atoms with Crippen molar-refractivity contribution >= 4 is 16.7 Å². The van der Waals surface area contributed by atoms with Gasteiger partial charge in [-0.05, 0) is 38.3 Å². The van der Waals surface area contributed by atoms with Crippen molar-refractivity contribution in [3.8, 4) is 5.88 Å². The van der Waals surface area contributed by atoms with Crippen LogP contribution in [0.2, 0.25) is 0 Å². The third-order valence-electron chi connectivity index (χ3n) is 4.22. The van der Waals surface area contributed by atoms with Crippen LogP contribution in [0, 0.1) is 0 Å². The Morgan fingerprint density at radius 3 is 2.64 bits per heavy atom. The van der Waals surface area contributed by atoms with Crippen LogP contribution in [0.15, 0.2) is 29.1 Å². The van der Waals surface area contributed by atoms with Gasteiger partial charge in [0.05, 0.1) is 17.9 Å². The molecule has 2 aromatic rings. The minimum atomic E-state index is -0.287. The zero-order chi connectivity index (χ0) is 15.7. The number of amides is 1. The summed E-state index contributed by atoms with van der Waals surface area (Å²) in [5, 5.41) is 8.28. The highest BCUT2D eigenvalue weighted by molar-refractivity contribution is 5.86. The fraction of sp³-hybridized carbons (Fsp3) is 0.438. The minimum Gasteiger partial charge on any atom is -0.480 e. The van der Waals surface area contributed by atoms with Gasteiger partial charge in [-0.15, -0.1) is 5.10 Å². The van der Waals surface area contributed by atoms with Gasteiger partial charge in [-0.1, -0.05) is 12.1 Å². The van der Waals surface area contributed by atoms with Gasteiger partial charge in [0.1, 0.15) is 6.54 Å². The number of nitrogens with one attached hydrogen (secondary N) is 1. The molecule has 1 aliphatic carbocycles. The van der Waals surface area contributed by atoms with E-state index in [1.165, 1.54) is 11.8 Å². The maximum Gasteiger partial charge on any atom is 0.275 e. The Bertz CT molecular complexity index is 778. The van der Waals surface area contributed by atoms with E-state index in [4.69, 9.17) is 4.74 Å². The van der Waals surface area contributed by atoms with Gasteiger partial charge in [-0.3, -0.25) is 9.59 Å². The summed E-state index contributed by atoms with van der Waals surface area (Å²) in [5.41, 5.74) is -0.424. The molecule has 1 heterocycles. The number of nitrogens with zero attached hydrogens (tertiary/aromatic N) is 2. The fourth-order valence-electron chi connectivity index (χ4n) is 2.81. The normalized spacial score (nSPS) is 16.1. The Kier molecular flexibility index (Phi) is 3.60. The standard InChI is InChI=1S/C16H19N3O3/c1-16(8-5-9-16)17-13(20)10-19-15(21)12-7-4-3-6-11(12)14(18-19)22-2/h3-4,6-7H,5,8-10H2,1-2H3,(H,17,20). The molecule has 0 radical (unpaired) electrons. The molecule has 1 saturated carbocycles. The average Bonchev–Trinajstić information content (AvgIpc) is 2.48. The SMILES string of the molecule is COc1nn(CC(=O)NC2(C)CCC2)c(=O)c2ccccc12. The molecular formula is C16H19N3O3. The van der Waals surface area contributed by atoms with E-state index in [1.54, 1.807) is 18.2 Å². The first kappa shape index (κ1) is 14.6. The predicted octanol–water partition coefficient (Wildman–Crippen LogP) is 1.46. The van der Waals surface area contributed by atoms with E-state index in [2.05, 4.69) is 10.4 Å². The first-order valence-electron chi connectivity index (χ1n) is 7.37. The molecule has 1 aliphatic rings. The predicted molar refractivity (Wildman–Crippen MR) is 83.0 cm³/mol.